The predicted molar refractivity (Wildman–Crippen MR) is 122 cm³/mol. The Morgan fingerprint density at radius 2 is 1.65 bits per heavy atom. The molecule has 0 amide bonds. The van der Waals surface area contributed by atoms with Gasteiger partial charge in [0.15, 0.2) is 23.0 Å². The normalized spacial score (nSPS) is 14.3. The minimum absolute atomic E-state index is 0.0655. The molecule has 6 rings (SSSR count). The molecule has 0 fully saturated rings. The summed E-state index contributed by atoms with van der Waals surface area (Å²) in [6, 6.07) is 11.8. The number of rotatable bonds is 5. The molecule has 0 unspecified atom stereocenters. The number of fused-ring (bicyclic) bond motifs is 2. The molecule has 0 radical (unpaired) electrons. The molecule has 174 valence electrons. The predicted octanol–water partition coefficient (Wildman–Crippen LogP) is 3.79. The second kappa shape index (κ2) is 7.92. The van der Waals surface area contributed by atoms with Gasteiger partial charge >= 0.3 is 0 Å². The van der Waals surface area contributed by atoms with Gasteiger partial charge in [-0.2, -0.15) is 4.98 Å². The van der Waals surface area contributed by atoms with Crippen molar-refractivity contribution in [2.45, 2.75) is 4.90 Å². The molecule has 0 N–H and O–H groups in total. The van der Waals surface area contributed by atoms with Gasteiger partial charge in [0.05, 0.1) is 5.69 Å². The molecule has 0 saturated carbocycles. The molecule has 12 heteroatoms. The van der Waals surface area contributed by atoms with E-state index in [-0.39, 0.29) is 17.6 Å². The number of aromatic nitrogens is 2. The highest BCUT2D eigenvalue weighted by Crippen LogP contribution is 2.39. The first-order valence-corrected chi connectivity index (χ1v) is 12.5. The van der Waals surface area contributed by atoms with E-state index in [9.17, 15) is 8.42 Å². The number of anilines is 1. The molecule has 2 aliphatic heterocycles. The second-order valence-electron chi connectivity index (χ2n) is 7.41. The number of hydrogen-bond donors (Lipinski definition) is 0. The van der Waals surface area contributed by atoms with Crippen LogP contribution < -0.4 is 23.3 Å². The first-order chi connectivity index (χ1) is 16.5. The monoisotopic (exact) mass is 499 g/mol. The van der Waals surface area contributed by atoms with Crippen molar-refractivity contribution in [3.05, 3.63) is 47.8 Å². The van der Waals surface area contributed by atoms with Crippen LogP contribution in [0.5, 0.6) is 23.0 Å². The minimum Gasteiger partial charge on any atom is -0.486 e. The fourth-order valence-electron chi connectivity index (χ4n) is 3.64. The summed E-state index contributed by atoms with van der Waals surface area (Å²) in [6.45, 7) is 1.02. The van der Waals surface area contributed by atoms with E-state index in [1.165, 1.54) is 28.8 Å². The minimum atomic E-state index is -3.93. The standard InChI is InChI=1S/C22H17N3O7S2/c1-25(14-3-5-15-18(11-14)29-8-7-28-15)34(26,27)19-6-9-33-20(19)22-23-21(24-32-22)13-2-4-16-17(10-13)31-12-30-16/h2-6,9-11H,7-8,12H2,1H3. The van der Waals surface area contributed by atoms with Gasteiger partial charge < -0.3 is 23.5 Å². The first kappa shape index (κ1) is 20.8. The molecule has 0 saturated heterocycles. The van der Waals surface area contributed by atoms with Crippen LogP contribution in [0.15, 0.2) is 57.3 Å². The van der Waals surface area contributed by atoms with Crippen LogP contribution in [0.25, 0.3) is 22.2 Å². The Hall–Kier alpha value is -3.77. The average Bonchev–Trinajstić information content (AvgIpc) is 3.62. The summed E-state index contributed by atoms with van der Waals surface area (Å²) >= 11 is 1.20. The number of nitrogens with zero attached hydrogens (tertiary/aromatic N) is 3. The lowest BCUT2D eigenvalue weighted by molar-refractivity contribution is 0.171. The van der Waals surface area contributed by atoms with Crippen molar-refractivity contribution < 1.29 is 31.9 Å². The molecule has 0 aliphatic carbocycles. The molecule has 10 nitrogen and oxygen atoms in total. The molecular weight excluding hydrogens is 482 g/mol. The Balaban J connectivity index is 1.32. The van der Waals surface area contributed by atoms with Gasteiger partial charge in [0.25, 0.3) is 15.9 Å². The Morgan fingerprint density at radius 1 is 0.912 bits per heavy atom. The summed E-state index contributed by atoms with van der Waals surface area (Å²) < 4.78 is 55.5. The van der Waals surface area contributed by atoms with Gasteiger partial charge in [-0.15, -0.1) is 11.3 Å². The van der Waals surface area contributed by atoms with Crippen molar-refractivity contribution in [3.63, 3.8) is 0 Å². The lowest BCUT2D eigenvalue weighted by atomic mass is 10.2. The Bertz CT molecular complexity index is 1500. The highest BCUT2D eigenvalue weighted by atomic mass is 32.2. The molecule has 0 atom stereocenters. The van der Waals surface area contributed by atoms with Crippen LogP contribution >= 0.6 is 11.3 Å². The third-order valence-electron chi connectivity index (χ3n) is 5.41. The molecule has 34 heavy (non-hydrogen) atoms. The van der Waals surface area contributed by atoms with Gasteiger partial charge in [-0.25, -0.2) is 8.42 Å². The summed E-state index contributed by atoms with van der Waals surface area (Å²) in [5.74, 6) is 2.73. The lowest BCUT2D eigenvalue weighted by Crippen LogP contribution is -2.27. The van der Waals surface area contributed by atoms with Crippen molar-refractivity contribution in [1.29, 1.82) is 0 Å². The third kappa shape index (κ3) is 3.42. The Labute approximate surface area is 198 Å². The molecule has 2 aromatic heterocycles. The number of benzene rings is 2. The van der Waals surface area contributed by atoms with E-state index in [4.69, 9.17) is 23.5 Å². The van der Waals surface area contributed by atoms with E-state index in [0.29, 0.717) is 58.2 Å². The lowest BCUT2D eigenvalue weighted by Gasteiger charge is -2.23. The zero-order valence-corrected chi connectivity index (χ0v) is 19.4. The Morgan fingerprint density at radius 3 is 2.53 bits per heavy atom. The van der Waals surface area contributed by atoms with Gasteiger partial charge in [0.2, 0.25) is 12.6 Å². The van der Waals surface area contributed by atoms with E-state index in [2.05, 4.69) is 10.1 Å². The van der Waals surface area contributed by atoms with Gasteiger partial charge in [0, 0.05) is 18.7 Å². The molecule has 2 aromatic carbocycles. The highest BCUT2D eigenvalue weighted by molar-refractivity contribution is 7.93. The zero-order valence-electron chi connectivity index (χ0n) is 17.8. The molecule has 2 aliphatic rings. The van der Waals surface area contributed by atoms with Crippen molar-refractivity contribution in [2.24, 2.45) is 0 Å². The van der Waals surface area contributed by atoms with Crippen LogP contribution in [0, 0.1) is 0 Å². The highest BCUT2D eigenvalue weighted by Gasteiger charge is 2.29. The van der Waals surface area contributed by atoms with E-state index < -0.39 is 10.0 Å². The number of sulfonamides is 1. The largest absolute Gasteiger partial charge is 0.486 e. The summed E-state index contributed by atoms with van der Waals surface area (Å²) in [4.78, 5) is 4.85. The fourth-order valence-corrected chi connectivity index (χ4v) is 6.14. The van der Waals surface area contributed by atoms with Crippen LogP contribution in [-0.2, 0) is 10.0 Å². The third-order valence-corrected chi connectivity index (χ3v) is 8.27. The van der Waals surface area contributed by atoms with Crippen molar-refractivity contribution in [1.82, 2.24) is 10.1 Å². The van der Waals surface area contributed by atoms with Gasteiger partial charge in [-0.1, -0.05) is 5.16 Å². The van der Waals surface area contributed by atoms with Crippen LogP contribution in [-0.4, -0.2) is 45.6 Å². The summed E-state index contributed by atoms with van der Waals surface area (Å²) in [6.07, 6.45) is 0. The van der Waals surface area contributed by atoms with E-state index in [1.807, 2.05) is 0 Å². The fraction of sp³-hybridized carbons (Fsp3) is 0.182. The zero-order chi connectivity index (χ0) is 23.3. The quantitative estimate of drug-likeness (QED) is 0.405. The van der Waals surface area contributed by atoms with Crippen LogP contribution in [0.2, 0.25) is 0 Å². The SMILES string of the molecule is CN(c1ccc2c(c1)OCCO2)S(=O)(=O)c1ccsc1-c1nc(-c2ccc3c(c2)OCO3)no1. The Kier molecular flexibility index (Phi) is 4.85. The number of hydrogen-bond acceptors (Lipinski definition) is 10. The van der Waals surface area contributed by atoms with Crippen molar-refractivity contribution >= 4 is 27.0 Å². The molecule has 4 heterocycles. The topological polar surface area (TPSA) is 113 Å². The molecular formula is C22H17N3O7S2. The van der Waals surface area contributed by atoms with Crippen molar-refractivity contribution in [2.75, 3.05) is 31.4 Å². The van der Waals surface area contributed by atoms with Crippen LogP contribution in [0.4, 0.5) is 5.69 Å². The molecule has 4 aromatic rings. The van der Waals surface area contributed by atoms with Gasteiger partial charge in [-0.3, -0.25) is 4.31 Å². The maximum Gasteiger partial charge on any atom is 0.269 e. The second-order valence-corrected chi connectivity index (χ2v) is 10.3. The first-order valence-electron chi connectivity index (χ1n) is 10.2. The average molecular weight is 500 g/mol. The van der Waals surface area contributed by atoms with Gasteiger partial charge in [-0.05, 0) is 41.8 Å². The van der Waals surface area contributed by atoms with Gasteiger partial charge in [0.1, 0.15) is 23.0 Å². The summed E-state index contributed by atoms with van der Waals surface area (Å²) in [5.41, 5.74) is 1.10. The summed E-state index contributed by atoms with van der Waals surface area (Å²) in [7, 11) is -2.45. The van der Waals surface area contributed by atoms with E-state index >= 15 is 0 Å². The van der Waals surface area contributed by atoms with E-state index in [0.717, 1.165) is 0 Å². The smallest absolute Gasteiger partial charge is 0.269 e. The van der Waals surface area contributed by atoms with Crippen LogP contribution in [0.3, 0.4) is 0 Å². The maximum absolute atomic E-state index is 13.5. The maximum atomic E-state index is 13.5. The number of ether oxygens (including phenoxy) is 4. The van der Waals surface area contributed by atoms with E-state index in [1.54, 1.807) is 41.8 Å². The molecule has 0 bridgehead atoms. The summed E-state index contributed by atoms with van der Waals surface area (Å²) in [5, 5.41) is 5.70. The van der Waals surface area contributed by atoms with Crippen LogP contribution in [0.1, 0.15) is 0 Å². The number of thiophene rings is 1. The molecule has 0 spiro atoms. The van der Waals surface area contributed by atoms with Crippen molar-refractivity contribution in [3.8, 4) is 45.2 Å².